The maximum Gasteiger partial charge on any atom is 0.416 e. The van der Waals surface area contributed by atoms with Crippen molar-refractivity contribution < 1.29 is 98.5 Å². The van der Waals surface area contributed by atoms with Crippen LogP contribution in [0.3, 0.4) is 0 Å². The van der Waals surface area contributed by atoms with Gasteiger partial charge in [0.25, 0.3) is 36.0 Å². The van der Waals surface area contributed by atoms with Crippen molar-refractivity contribution in [3.8, 4) is 11.8 Å². The minimum absolute atomic E-state index is 0.0315. The van der Waals surface area contributed by atoms with E-state index in [0.717, 1.165) is 22.8 Å². The molecule has 1 aromatic heterocycles. The summed E-state index contributed by atoms with van der Waals surface area (Å²) in [5, 5.41) is 19.6. The summed E-state index contributed by atoms with van der Waals surface area (Å²) in [6, 6.07) is 3.36. The number of fused-ring (bicyclic) bond motifs is 2. The molecule has 3 heterocycles. The Balaban J connectivity index is 1.58. The number of benzene rings is 2. The lowest BCUT2D eigenvalue weighted by molar-refractivity contribution is -0.440. The number of rotatable bonds is 25. The van der Waals surface area contributed by atoms with Crippen LogP contribution in [0.5, 0.6) is 11.8 Å². The summed E-state index contributed by atoms with van der Waals surface area (Å²) in [5.74, 6) is -13.4. The number of halogens is 8. The van der Waals surface area contributed by atoms with E-state index in [1.54, 1.807) is 0 Å². The fourth-order valence-corrected chi connectivity index (χ4v) is 11.1. The molecule has 0 fully saturated rings. The number of aromatic nitrogens is 1. The molecule has 2 aromatic carbocycles. The fourth-order valence-electron chi connectivity index (χ4n) is 9.41. The van der Waals surface area contributed by atoms with Gasteiger partial charge in [0.15, 0.2) is 17.3 Å². The molecule has 0 bridgehead atoms. The average Bonchev–Trinajstić information content (AvgIpc) is 3.81. The Morgan fingerprint density at radius 3 is 1.82 bits per heavy atom. The molecule has 0 spiro atoms. The first-order valence-electron chi connectivity index (χ1n) is 22.7. The third-order valence-electron chi connectivity index (χ3n) is 12.7. The monoisotopic (exact) mass is 1100 g/mol. The maximum atomic E-state index is 15.9. The first-order valence-corrected chi connectivity index (χ1v) is 27.6. The minimum atomic E-state index is -5.10. The van der Waals surface area contributed by atoms with E-state index in [4.69, 9.17) is 4.84 Å². The van der Waals surface area contributed by atoms with E-state index in [9.17, 15) is 75.9 Å². The van der Waals surface area contributed by atoms with Crippen LogP contribution in [0.15, 0.2) is 60.3 Å². The number of aromatic hydroxyl groups is 2. The normalized spacial score (nSPS) is 19.0. The Kier molecular flexibility index (Phi) is 18.5. The van der Waals surface area contributed by atoms with E-state index in [0.29, 0.717) is 10.8 Å². The molecule has 16 nitrogen and oxygen atoms in total. The Morgan fingerprint density at radius 2 is 1.23 bits per heavy atom. The zero-order valence-electron chi connectivity index (χ0n) is 39.3. The fraction of sp³-hybridized carbons (Fsp3) is 0.478. The van der Waals surface area contributed by atoms with Gasteiger partial charge in [0.1, 0.15) is 12.4 Å². The molecule has 3 aromatic rings. The highest BCUT2D eigenvalue weighted by molar-refractivity contribution is 7.86. The Bertz CT molecular complexity index is 3030. The number of allylic oxidation sites excluding steroid dienone is 6. The van der Waals surface area contributed by atoms with Crippen LogP contribution in [-0.2, 0) is 52.2 Å². The minimum Gasteiger partial charge on any atom is -0.492 e. The van der Waals surface area contributed by atoms with E-state index in [1.807, 2.05) is 0 Å². The van der Waals surface area contributed by atoms with E-state index in [2.05, 4.69) is 0 Å². The third-order valence-corrected chi connectivity index (χ3v) is 15.1. The molecule has 27 heteroatoms. The Hall–Kier alpha value is -5.35. The van der Waals surface area contributed by atoms with Crippen molar-refractivity contribution in [2.45, 2.75) is 108 Å². The van der Waals surface area contributed by atoms with Crippen molar-refractivity contribution >= 4 is 53.4 Å². The van der Waals surface area contributed by atoms with Crippen LogP contribution in [0, 0.1) is 29.1 Å². The number of hydrogen-bond acceptors (Lipinski definition) is 11. The van der Waals surface area contributed by atoms with Crippen LogP contribution in [0.4, 0.5) is 46.5 Å². The third kappa shape index (κ3) is 14.3. The summed E-state index contributed by atoms with van der Waals surface area (Å²) in [6.07, 6.45) is 0.509. The molecule has 2 unspecified atom stereocenters. The molecule has 2 atom stereocenters. The van der Waals surface area contributed by atoms with Gasteiger partial charge < -0.3 is 20.0 Å². The summed E-state index contributed by atoms with van der Waals surface area (Å²) >= 11 is 0. The lowest BCUT2D eigenvalue weighted by Crippen LogP contribution is -2.32. The largest absolute Gasteiger partial charge is 0.492 e. The van der Waals surface area contributed by atoms with Crippen LogP contribution < -0.4 is 9.74 Å². The molecule has 404 valence electrons. The smallest absolute Gasteiger partial charge is 0.416 e. The number of carbonyl (C=O) groups excluding carboxylic acids is 1. The summed E-state index contributed by atoms with van der Waals surface area (Å²) in [5.41, 5.74) is -6.52. The highest BCUT2D eigenvalue weighted by Crippen LogP contribution is 2.55. The van der Waals surface area contributed by atoms with Gasteiger partial charge in [-0.3, -0.25) is 13.7 Å². The molecule has 0 amide bonds. The average molecular weight is 1110 g/mol. The van der Waals surface area contributed by atoms with Gasteiger partial charge in [-0.1, -0.05) is 37.5 Å². The van der Waals surface area contributed by atoms with Crippen molar-refractivity contribution in [1.82, 2.24) is 4.73 Å². The lowest BCUT2D eigenvalue weighted by atomic mass is 9.74. The van der Waals surface area contributed by atoms with Gasteiger partial charge in [-0.2, -0.15) is 47.4 Å². The summed E-state index contributed by atoms with van der Waals surface area (Å²) in [6.45, 7) is 2.25. The van der Waals surface area contributed by atoms with E-state index in [1.165, 1.54) is 49.1 Å². The number of hydrogen-bond donors (Lipinski definition) is 5. The molecule has 0 saturated heterocycles. The quantitative estimate of drug-likeness (QED) is 0.0101. The van der Waals surface area contributed by atoms with Crippen molar-refractivity contribution in [1.29, 1.82) is 0 Å². The second-order valence-electron chi connectivity index (χ2n) is 18.1. The molecule has 73 heavy (non-hydrogen) atoms. The number of nitrogens with zero attached hydrogens (tertiary/aromatic N) is 3. The van der Waals surface area contributed by atoms with Crippen LogP contribution in [0.1, 0.15) is 108 Å². The van der Waals surface area contributed by atoms with Gasteiger partial charge in [0, 0.05) is 54.4 Å². The number of unbranched alkanes of at least 4 members (excludes halogenated alkanes) is 5. The molecule has 0 aliphatic carbocycles. The van der Waals surface area contributed by atoms with E-state index in [-0.39, 0.29) is 113 Å². The zero-order valence-corrected chi connectivity index (χ0v) is 41.8. The summed E-state index contributed by atoms with van der Waals surface area (Å²) < 4.78 is 220. The predicted molar refractivity (Wildman–Crippen MR) is 250 cm³/mol. The van der Waals surface area contributed by atoms with Crippen molar-refractivity contribution in [3.05, 3.63) is 106 Å². The Labute approximate surface area is 416 Å². The van der Waals surface area contributed by atoms with Gasteiger partial charge in [-0.15, -0.1) is 4.73 Å². The zero-order chi connectivity index (χ0) is 54.5. The standard InChI is InChI=1S/C46H53F8N3O13S3/c1-44(20-8-4-7-17-36(60)70-57-34(58)18-19-35(57)59)32(55(22-10-13-25-72(64,65)66)31-28-29(47)27-30(37(31)44)46(52,53)54)15-5-3-6-16-33-45(2,21-9-12-24-71(61,62)63)38-39(48)40(49)41(50)42(51)43(38)56(33)23-11-14-26-73(67,68)69/h3,5-6,15-16,18-19,27-28H,4,7-14,17,20-26H2,1-2H3,(H4-,58,59,61,62,63,64,65,66,67,68,69)/p+1. The van der Waals surface area contributed by atoms with Crippen LogP contribution in [0.2, 0.25) is 0 Å². The second kappa shape index (κ2) is 23.0. The van der Waals surface area contributed by atoms with Crippen molar-refractivity contribution in [2.24, 2.45) is 0 Å². The molecule has 2 aliphatic rings. The molecule has 2 aliphatic heterocycles. The van der Waals surface area contributed by atoms with Gasteiger partial charge >= 0.3 is 12.1 Å². The molecule has 0 radical (unpaired) electrons. The molecular weight excluding hydrogens is 1050 g/mol. The number of alkyl halides is 3. The number of anilines is 1. The summed E-state index contributed by atoms with van der Waals surface area (Å²) in [7, 11) is -13.4. The van der Waals surface area contributed by atoms with Gasteiger partial charge in [-0.05, 0) is 82.6 Å². The van der Waals surface area contributed by atoms with Gasteiger partial charge in [0.05, 0.1) is 33.8 Å². The van der Waals surface area contributed by atoms with E-state index < -0.39 is 128 Å². The molecule has 5 rings (SSSR count). The number of carbonyl (C=O) groups is 1. The highest BCUT2D eigenvalue weighted by atomic mass is 32.2. The second-order valence-corrected chi connectivity index (χ2v) is 22.8. The lowest BCUT2D eigenvalue weighted by Gasteiger charge is -2.31. The first kappa shape index (κ1) is 58.5. The van der Waals surface area contributed by atoms with Crippen LogP contribution in [-0.4, -0.2) is 100 Å². The topological polar surface area (TPSA) is 241 Å². The Morgan fingerprint density at radius 1 is 0.685 bits per heavy atom. The van der Waals surface area contributed by atoms with Crippen molar-refractivity contribution in [3.63, 3.8) is 0 Å². The molecular formula is C46H54F8N3O13S3+. The van der Waals surface area contributed by atoms with Crippen molar-refractivity contribution in [2.75, 3.05) is 35.2 Å². The first-order chi connectivity index (χ1) is 33.8. The SMILES string of the molecule is CC1(CCCCCC(=O)On2c(O)ccc2O)C(=CC=CC=CC2=[N+](CCCCS(=O)(=O)O)c3c(F)c(F)c(F)c(F)c3C2(C)CCCCS(=O)(=O)O)N(CCCCS(=O)(=O)O)c2cc(F)cc(C(F)(F)F)c21. The molecule has 5 N–H and O–H groups in total. The predicted octanol–water partition coefficient (Wildman–Crippen LogP) is 8.74. The van der Waals surface area contributed by atoms with Crippen LogP contribution >= 0.6 is 0 Å². The van der Waals surface area contributed by atoms with Gasteiger partial charge in [0.2, 0.25) is 23.4 Å². The van der Waals surface area contributed by atoms with Crippen LogP contribution in [0.25, 0.3) is 0 Å². The summed E-state index contributed by atoms with van der Waals surface area (Å²) in [4.78, 5) is 18.8. The highest BCUT2D eigenvalue weighted by Gasteiger charge is 2.53. The molecule has 0 saturated carbocycles. The van der Waals surface area contributed by atoms with Gasteiger partial charge in [-0.25, -0.2) is 22.4 Å². The maximum absolute atomic E-state index is 15.9. The van der Waals surface area contributed by atoms with E-state index >= 15 is 13.2 Å².